The highest BCUT2D eigenvalue weighted by Crippen LogP contribution is 2.40. The predicted octanol–water partition coefficient (Wildman–Crippen LogP) is 5.33. The zero-order valence-electron chi connectivity index (χ0n) is 19.4. The van der Waals surface area contributed by atoms with Crippen LogP contribution in [-0.4, -0.2) is 54.4 Å². The molecule has 0 saturated carbocycles. The van der Waals surface area contributed by atoms with Crippen LogP contribution in [0.3, 0.4) is 0 Å². The Hall–Kier alpha value is -2.34. The summed E-state index contributed by atoms with van der Waals surface area (Å²) >= 11 is 3.50. The van der Waals surface area contributed by atoms with E-state index >= 15 is 0 Å². The van der Waals surface area contributed by atoms with Crippen LogP contribution in [0.4, 0.5) is 0 Å². The van der Waals surface area contributed by atoms with E-state index in [4.69, 9.17) is 4.74 Å². The monoisotopic (exact) mass is 512 g/mol. The highest BCUT2D eigenvalue weighted by atomic mass is 79.9. The second-order valence-electron chi connectivity index (χ2n) is 9.10. The highest BCUT2D eigenvalue weighted by Gasteiger charge is 2.43. The summed E-state index contributed by atoms with van der Waals surface area (Å²) in [4.78, 5) is 30.7. The Balaban J connectivity index is 1.49. The van der Waals surface area contributed by atoms with Crippen molar-refractivity contribution in [1.29, 1.82) is 0 Å². The van der Waals surface area contributed by atoms with Gasteiger partial charge < -0.3 is 14.5 Å². The lowest BCUT2D eigenvalue weighted by Crippen LogP contribution is -2.52. The molecule has 6 heteroatoms. The van der Waals surface area contributed by atoms with Gasteiger partial charge in [-0.15, -0.1) is 0 Å². The second-order valence-corrected chi connectivity index (χ2v) is 9.95. The molecule has 33 heavy (non-hydrogen) atoms. The molecule has 1 saturated heterocycles. The normalized spacial score (nSPS) is 19.3. The number of halogens is 1. The Morgan fingerprint density at radius 1 is 1.00 bits per heavy atom. The summed E-state index contributed by atoms with van der Waals surface area (Å²) in [6.07, 6.45) is 5.30. The molecule has 4 rings (SSSR count). The Morgan fingerprint density at radius 2 is 1.73 bits per heavy atom. The molecular weight excluding hydrogens is 480 g/mol. The van der Waals surface area contributed by atoms with Gasteiger partial charge in [0.1, 0.15) is 12.4 Å². The number of amides is 2. The quantitative estimate of drug-likeness (QED) is 0.546. The highest BCUT2D eigenvalue weighted by molar-refractivity contribution is 9.10. The fourth-order valence-corrected chi connectivity index (χ4v) is 5.60. The Morgan fingerprint density at radius 3 is 2.48 bits per heavy atom. The molecule has 0 aliphatic carbocycles. The predicted molar refractivity (Wildman–Crippen MR) is 133 cm³/mol. The van der Waals surface area contributed by atoms with Gasteiger partial charge in [-0.25, -0.2) is 0 Å². The maximum atomic E-state index is 13.8. The summed E-state index contributed by atoms with van der Waals surface area (Å²) < 4.78 is 6.89. The minimum atomic E-state index is -0.389. The van der Waals surface area contributed by atoms with Gasteiger partial charge in [0.15, 0.2) is 0 Å². The molecule has 0 N–H and O–H groups in total. The molecule has 5 nitrogen and oxygen atoms in total. The Bertz CT molecular complexity index is 985. The van der Waals surface area contributed by atoms with Crippen molar-refractivity contribution in [3.05, 3.63) is 64.1 Å². The summed E-state index contributed by atoms with van der Waals surface area (Å²) in [6.45, 7) is 5.03. The largest absolute Gasteiger partial charge is 0.491 e. The van der Waals surface area contributed by atoms with E-state index in [-0.39, 0.29) is 17.2 Å². The van der Waals surface area contributed by atoms with E-state index in [2.05, 4.69) is 28.1 Å². The smallest absolute Gasteiger partial charge is 0.254 e. The third kappa shape index (κ3) is 5.26. The van der Waals surface area contributed by atoms with Crippen LogP contribution in [0, 0.1) is 5.41 Å². The number of hydrogen-bond donors (Lipinski definition) is 0. The van der Waals surface area contributed by atoms with Crippen LogP contribution in [0.5, 0.6) is 5.75 Å². The van der Waals surface area contributed by atoms with Crippen molar-refractivity contribution in [1.82, 2.24) is 9.80 Å². The average Bonchev–Trinajstić information content (AvgIpc) is 2.84. The minimum Gasteiger partial charge on any atom is -0.491 e. The van der Waals surface area contributed by atoms with Gasteiger partial charge in [-0.1, -0.05) is 36.8 Å². The molecule has 176 valence electrons. The number of carbonyl (C=O) groups excluding carboxylic acids is 2. The molecule has 1 fully saturated rings. The van der Waals surface area contributed by atoms with Gasteiger partial charge in [0.05, 0.1) is 17.5 Å². The number of rotatable bonds is 2. The summed E-state index contributed by atoms with van der Waals surface area (Å²) in [6, 6.07) is 15.8. The lowest BCUT2D eigenvalue weighted by atomic mass is 9.73. The van der Waals surface area contributed by atoms with Gasteiger partial charge in [-0.2, -0.15) is 0 Å². The number of nitrogens with zero attached hydrogens (tertiary/aromatic N) is 2. The number of fused-ring (bicyclic) bond motifs is 1. The van der Waals surface area contributed by atoms with Crippen LogP contribution in [-0.2, 0) is 11.2 Å². The van der Waals surface area contributed by atoms with E-state index in [1.54, 1.807) is 0 Å². The number of likely N-dealkylation sites (N-methyl/N-ethyl adjacent to an activating group) is 1. The molecule has 2 aliphatic rings. The average molecular weight is 513 g/mol. The van der Waals surface area contributed by atoms with Crippen molar-refractivity contribution in [3.8, 4) is 5.75 Å². The van der Waals surface area contributed by atoms with Crippen molar-refractivity contribution in [2.75, 3.05) is 32.8 Å². The number of carbonyl (C=O) groups is 2. The molecule has 0 bridgehead atoms. The summed E-state index contributed by atoms with van der Waals surface area (Å²) in [5.41, 5.74) is 1.54. The van der Waals surface area contributed by atoms with Gasteiger partial charge in [-0.3, -0.25) is 9.59 Å². The van der Waals surface area contributed by atoms with Gasteiger partial charge in [0.25, 0.3) is 5.91 Å². The van der Waals surface area contributed by atoms with Gasteiger partial charge >= 0.3 is 0 Å². The van der Waals surface area contributed by atoms with Gasteiger partial charge in [-0.05, 0) is 78.7 Å². The van der Waals surface area contributed by atoms with Crippen LogP contribution in [0.2, 0.25) is 0 Å². The Kier molecular flexibility index (Phi) is 7.74. The van der Waals surface area contributed by atoms with Crippen LogP contribution in [0.1, 0.15) is 54.9 Å². The fraction of sp³-hybridized carbons (Fsp3) is 0.481. The lowest BCUT2D eigenvalue weighted by Gasteiger charge is -2.43. The van der Waals surface area contributed by atoms with E-state index < -0.39 is 0 Å². The summed E-state index contributed by atoms with van der Waals surface area (Å²) in [5, 5.41) is 0. The SMILES string of the molecule is CCN1CCOc2ccccc2CCCCC2(CCN(C(=O)c3ccccc3Br)CC2)C1=O. The first-order chi connectivity index (χ1) is 16.0. The first-order valence-corrected chi connectivity index (χ1v) is 12.9. The summed E-state index contributed by atoms with van der Waals surface area (Å²) in [5.74, 6) is 1.21. The van der Waals surface area contributed by atoms with Crippen molar-refractivity contribution >= 4 is 27.7 Å². The standard InChI is InChI=1S/C27H33BrN2O3/c1-2-29-19-20-33-24-13-6-3-9-21(24)10-7-8-14-27(26(29)32)15-17-30(18-16-27)25(31)22-11-4-5-12-23(22)28/h3-6,9,11-13H,2,7-8,10,14-20H2,1H3. The zero-order chi connectivity index (χ0) is 23.3. The number of ether oxygens (including phenoxy) is 1. The van der Waals surface area contributed by atoms with E-state index in [1.807, 2.05) is 53.1 Å². The third-order valence-corrected chi connectivity index (χ3v) is 7.87. The third-order valence-electron chi connectivity index (χ3n) is 7.18. The van der Waals surface area contributed by atoms with Crippen LogP contribution in [0.15, 0.2) is 53.0 Å². The molecule has 0 unspecified atom stereocenters. The van der Waals surface area contributed by atoms with Crippen LogP contribution < -0.4 is 4.74 Å². The minimum absolute atomic E-state index is 0.0373. The molecule has 2 aromatic rings. The second kappa shape index (κ2) is 10.7. The summed E-state index contributed by atoms with van der Waals surface area (Å²) in [7, 11) is 0. The maximum absolute atomic E-state index is 13.8. The topological polar surface area (TPSA) is 49.9 Å². The van der Waals surface area contributed by atoms with Crippen molar-refractivity contribution in [2.45, 2.75) is 45.4 Å². The first-order valence-electron chi connectivity index (χ1n) is 12.1. The molecular formula is C27H33BrN2O3. The first kappa shape index (κ1) is 23.8. The Labute approximate surface area is 205 Å². The number of likely N-dealkylation sites (tertiary alicyclic amines) is 1. The van der Waals surface area contributed by atoms with Crippen LogP contribution >= 0.6 is 15.9 Å². The van der Waals surface area contributed by atoms with Crippen LogP contribution in [0.25, 0.3) is 0 Å². The van der Waals surface area contributed by atoms with E-state index in [9.17, 15) is 9.59 Å². The van der Waals surface area contributed by atoms with E-state index in [0.717, 1.165) is 48.7 Å². The van der Waals surface area contributed by atoms with Crippen molar-refractivity contribution < 1.29 is 14.3 Å². The number of para-hydroxylation sites is 1. The van der Waals surface area contributed by atoms with Gasteiger partial charge in [0.2, 0.25) is 5.91 Å². The lowest BCUT2D eigenvalue weighted by molar-refractivity contribution is -0.145. The molecule has 0 aromatic heterocycles. The molecule has 0 atom stereocenters. The molecule has 2 aromatic carbocycles. The maximum Gasteiger partial charge on any atom is 0.254 e. The van der Waals surface area contributed by atoms with Gasteiger partial charge in [0, 0.05) is 24.1 Å². The molecule has 1 spiro atoms. The van der Waals surface area contributed by atoms with Crippen molar-refractivity contribution in [3.63, 3.8) is 0 Å². The van der Waals surface area contributed by atoms with E-state index in [0.29, 0.717) is 38.3 Å². The zero-order valence-corrected chi connectivity index (χ0v) is 21.0. The number of hydrogen-bond acceptors (Lipinski definition) is 3. The number of piperidine rings is 1. The molecule has 2 heterocycles. The number of aryl methyl sites for hydroxylation is 1. The van der Waals surface area contributed by atoms with E-state index in [1.165, 1.54) is 5.56 Å². The molecule has 2 aliphatic heterocycles. The fourth-order valence-electron chi connectivity index (χ4n) is 5.15. The number of benzene rings is 2. The molecule has 2 amide bonds. The molecule has 0 radical (unpaired) electrons. The van der Waals surface area contributed by atoms with Crippen molar-refractivity contribution in [2.24, 2.45) is 5.41 Å².